The predicted molar refractivity (Wildman–Crippen MR) is 79.3 cm³/mol. The van der Waals surface area contributed by atoms with Gasteiger partial charge >= 0.3 is 0 Å². The third-order valence-electron chi connectivity index (χ3n) is 6.39. The Labute approximate surface area is 118 Å². The van der Waals surface area contributed by atoms with Gasteiger partial charge in [-0.25, -0.2) is 0 Å². The molecule has 19 heavy (non-hydrogen) atoms. The number of fused-ring (bicyclic) bond motifs is 4. The fourth-order valence-electron chi connectivity index (χ4n) is 5.55. The third kappa shape index (κ3) is 2.47. The van der Waals surface area contributed by atoms with Gasteiger partial charge in [0, 0.05) is 31.7 Å². The molecule has 0 aromatic carbocycles. The molecule has 2 nitrogen and oxygen atoms in total. The SMILES string of the molecule is C1CCC(N2C[C@@H]3C[C@H](C2)[C@@H]2CCCCN2C3)CC1. The molecule has 4 rings (SSSR count). The van der Waals surface area contributed by atoms with Crippen LogP contribution >= 0.6 is 0 Å². The number of nitrogens with zero attached hydrogens (tertiary/aromatic N) is 2. The molecule has 0 spiro atoms. The topological polar surface area (TPSA) is 6.48 Å². The summed E-state index contributed by atoms with van der Waals surface area (Å²) in [4.78, 5) is 5.78. The number of hydrogen-bond acceptors (Lipinski definition) is 2. The van der Waals surface area contributed by atoms with Gasteiger partial charge in [-0.05, 0) is 50.5 Å². The monoisotopic (exact) mass is 262 g/mol. The predicted octanol–water partition coefficient (Wildman–Crippen LogP) is 3.13. The van der Waals surface area contributed by atoms with Crippen molar-refractivity contribution in [2.24, 2.45) is 11.8 Å². The van der Waals surface area contributed by atoms with Crippen LogP contribution < -0.4 is 0 Å². The van der Waals surface area contributed by atoms with E-state index in [-0.39, 0.29) is 0 Å². The molecule has 0 aromatic rings. The zero-order valence-electron chi connectivity index (χ0n) is 12.4. The van der Waals surface area contributed by atoms with Crippen molar-refractivity contribution in [2.45, 2.75) is 69.9 Å². The van der Waals surface area contributed by atoms with Gasteiger partial charge in [0.05, 0.1) is 0 Å². The first kappa shape index (κ1) is 12.6. The highest BCUT2D eigenvalue weighted by molar-refractivity contribution is 4.97. The van der Waals surface area contributed by atoms with Gasteiger partial charge in [-0.15, -0.1) is 0 Å². The van der Waals surface area contributed by atoms with Gasteiger partial charge in [0.15, 0.2) is 0 Å². The highest BCUT2D eigenvalue weighted by Crippen LogP contribution is 2.39. The van der Waals surface area contributed by atoms with Gasteiger partial charge in [0.2, 0.25) is 0 Å². The second-order valence-electron chi connectivity index (χ2n) is 7.67. The van der Waals surface area contributed by atoms with E-state index in [1.54, 1.807) is 6.42 Å². The summed E-state index contributed by atoms with van der Waals surface area (Å²) in [6, 6.07) is 1.91. The van der Waals surface area contributed by atoms with Crippen molar-refractivity contribution in [1.82, 2.24) is 9.80 Å². The van der Waals surface area contributed by atoms with Crippen molar-refractivity contribution in [3.8, 4) is 0 Å². The lowest BCUT2D eigenvalue weighted by atomic mass is 9.75. The first-order valence-electron chi connectivity index (χ1n) is 8.88. The zero-order valence-corrected chi connectivity index (χ0v) is 12.4. The van der Waals surface area contributed by atoms with E-state index in [4.69, 9.17) is 0 Å². The highest BCUT2D eigenvalue weighted by atomic mass is 15.2. The second-order valence-corrected chi connectivity index (χ2v) is 7.67. The van der Waals surface area contributed by atoms with Gasteiger partial charge in [0.25, 0.3) is 0 Å². The molecule has 3 atom stereocenters. The van der Waals surface area contributed by atoms with E-state index >= 15 is 0 Å². The van der Waals surface area contributed by atoms with Crippen LogP contribution in [0.15, 0.2) is 0 Å². The average Bonchev–Trinajstić information content (AvgIpc) is 2.48. The summed E-state index contributed by atoms with van der Waals surface area (Å²) in [5.41, 5.74) is 0. The van der Waals surface area contributed by atoms with E-state index in [0.717, 1.165) is 23.9 Å². The summed E-state index contributed by atoms with van der Waals surface area (Å²) in [5, 5.41) is 0. The maximum atomic E-state index is 2.92. The van der Waals surface area contributed by atoms with E-state index in [9.17, 15) is 0 Å². The standard InChI is InChI=1S/C17H30N2/c1-2-6-16(7-3-1)19-12-14-10-15(13-19)17-8-4-5-9-18(17)11-14/h14-17H,1-13H2/t14-,15-,17+/m1/s1. The molecular weight excluding hydrogens is 232 g/mol. The molecule has 0 aromatic heterocycles. The Morgan fingerprint density at radius 1 is 0.684 bits per heavy atom. The Hall–Kier alpha value is -0.0800. The van der Waals surface area contributed by atoms with Gasteiger partial charge in [0.1, 0.15) is 0 Å². The van der Waals surface area contributed by atoms with Crippen LogP contribution in [0.1, 0.15) is 57.8 Å². The number of piperidine rings is 3. The normalized spacial score (nSPS) is 42.0. The minimum Gasteiger partial charge on any atom is -0.300 e. The fourth-order valence-corrected chi connectivity index (χ4v) is 5.55. The van der Waals surface area contributed by atoms with Crippen LogP contribution in [0.2, 0.25) is 0 Å². The number of hydrogen-bond donors (Lipinski definition) is 0. The Kier molecular flexibility index (Phi) is 3.57. The molecule has 1 aliphatic carbocycles. The minimum atomic E-state index is 0.953. The maximum Gasteiger partial charge on any atom is 0.0136 e. The lowest BCUT2D eigenvalue weighted by molar-refractivity contribution is -0.0465. The van der Waals surface area contributed by atoms with Crippen molar-refractivity contribution < 1.29 is 0 Å². The van der Waals surface area contributed by atoms with E-state index in [1.807, 2.05) is 0 Å². The Bertz CT molecular complexity index is 310. The summed E-state index contributed by atoms with van der Waals surface area (Å²) < 4.78 is 0. The van der Waals surface area contributed by atoms with Crippen LogP contribution in [0, 0.1) is 11.8 Å². The molecule has 2 heteroatoms. The summed E-state index contributed by atoms with van der Waals surface area (Å²) in [6.07, 6.45) is 13.5. The quantitative estimate of drug-likeness (QED) is 0.716. The molecular formula is C17H30N2. The van der Waals surface area contributed by atoms with Crippen LogP contribution in [-0.4, -0.2) is 48.1 Å². The lowest BCUT2D eigenvalue weighted by Crippen LogP contribution is -2.60. The van der Waals surface area contributed by atoms with Crippen LogP contribution in [0.25, 0.3) is 0 Å². The molecule has 4 aliphatic rings. The molecule has 1 saturated carbocycles. The Balaban J connectivity index is 1.45. The lowest BCUT2D eigenvalue weighted by Gasteiger charge is -2.54. The van der Waals surface area contributed by atoms with Crippen molar-refractivity contribution in [1.29, 1.82) is 0 Å². The van der Waals surface area contributed by atoms with Crippen LogP contribution in [0.5, 0.6) is 0 Å². The van der Waals surface area contributed by atoms with Gasteiger partial charge < -0.3 is 0 Å². The van der Waals surface area contributed by atoms with Crippen molar-refractivity contribution in [3.63, 3.8) is 0 Å². The third-order valence-corrected chi connectivity index (χ3v) is 6.39. The summed E-state index contributed by atoms with van der Waals surface area (Å²) in [5.74, 6) is 2.00. The summed E-state index contributed by atoms with van der Waals surface area (Å²) in [7, 11) is 0. The van der Waals surface area contributed by atoms with Crippen LogP contribution in [0.3, 0.4) is 0 Å². The Morgan fingerprint density at radius 2 is 1.47 bits per heavy atom. The molecule has 0 N–H and O–H groups in total. The molecule has 3 heterocycles. The molecule has 3 aliphatic heterocycles. The van der Waals surface area contributed by atoms with E-state index in [0.29, 0.717) is 0 Å². The molecule has 3 saturated heterocycles. The largest absolute Gasteiger partial charge is 0.300 e. The minimum absolute atomic E-state index is 0.953. The summed E-state index contributed by atoms with van der Waals surface area (Å²) in [6.45, 7) is 5.68. The Morgan fingerprint density at radius 3 is 2.37 bits per heavy atom. The van der Waals surface area contributed by atoms with Crippen LogP contribution in [-0.2, 0) is 0 Å². The van der Waals surface area contributed by atoms with Gasteiger partial charge in [-0.1, -0.05) is 25.7 Å². The van der Waals surface area contributed by atoms with Gasteiger partial charge in [-0.3, -0.25) is 9.80 Å². The summed E-state index contributed by atoms with van der Waals surface area (Å²) >= 11 is 0. The van der Waals surface area contributed by atoms with E-state index in [2.05, 4.69) is 9.80 Å². The molecule has 4 fully saturated rings. The molecule has 0 amide bonds. The van der Waals surface area contributed by atoms with E-state index < -0.39 is 0 Å². The van der Waals surface area contributed by atoms with Crippen molar-refractivity contribution >= 4 is 0 Å². The zero-order chi connectivity index (χ0) is 12.7. The second kappa shape index (κ2) is 5.37. The number of likely N-dealkylation sites (tertiary alicyclic amines) is 1. The highest BCUT2D eigenvalue weighted by Gasteiger charge is 2.42. The molecule has 0 unspecified atom stereocenters. The smallest absolute Gasteiger partial charge is 0.0136 e. The van der Waals surface area contributed by atoms with Crippen molar-refractivity contribution in [2.75, 3.05) is 26.2 Å². The first-order valence-corrected chi connectivity index (χ1v) is 8.88. The number of rotatable bonds is 1. The fraction of sp³-hybridized carbons (Fsp3) is 1.00. The van der Waals surface area contributed by atoms with Crippen LogP contribution in [0.4, 0.5) is 0 Å². The molecule has 0 radical (unpaired) electrons. The van der Waals surface area contributed by atoms with Crippen molar-refractivity contribution in [3.05, 3.63) is 0 Å². The first-order chi connectivity index (χ1) is 9.40. The van der Waals surface area contributed by atoms with E-state index in [1.165, 1.54) is 77.5 Å². The average molecular weight is 262 g/mol. The molecule has 2 bridgehead atoms. The molecule has 108 valence electrons. The van der Waals surface area contributed by atoms with Gasteiger partial charge in [-0.2, -0.15) is 0 Å². The maximum absolute atomic E-state index is 2.92.